The lowest BCUT2D eigenvalue weighted by Crippen LogP contribution is -2.37. The molecule has 41 heavy (non-hydrogen) atoms. The Labute approximate surface area is 241 Å². The monoisotopic (exact) mass is 551 g/mol. The van der Waals surface area contributed by atoms with Gasteiger partial charge in [-0.3, -0.25) is 14.7 Å². The highest BCUT2D eigenvalue weighted by molar-refractivity contribution is 5.88. The first kappa shape index (κ1) is 27.4. The molecule has 0 atom stereocenters. The Bertz CT molecular complexity index is 1480. The van der Waals surface area contributed by atoms with Crippen molar-refractivity contribution >= 4 is 22.6 Å². The van der Waals surface area contributed by atoms with Crippen LogP contribution in [-0.2, 0) is 40.1 Å². The standard InChI is InChI=1S/C33H37N5O3/c1-2-24-3-5-25(6-4-24)19-29(39)20-26-7-9-28(10-8-26)32-35-30-21-27(23-37-11-15-40-16-12-37)22-34-31(30)33(36-32)38-13-17-41-18-14-38/h3-10,21-22H,2,11-20,23H2,1H3. The molecule has 0 spiro atoms. The third-order valence-electron chi connectivity index (χ3n) is 7.84. The lowest BCUT2D eigenvalue weighted by Gasteiger charge is -2.29. The van der Waals surface area contributed by atoms with Gasteiger partial charge in [0.1, 0.15) is 11.3 Å². The number of rotatable bonds is 9. The Kier molecular flexibility index (Phi) is 8.60. The molecule has 8 nitrogen and oxygen atoms in total. The normalized spacial score (nSPS) is 16.3. The van der Waals surface area contributed by atoms with E-state index in [9.17, 15) is 4.79 Å². The highest BCUT2D eigenvalue weighted by Crippen LogP contribution is 2.28. The number of aryl methyl sites for hydroxylation is 1. The number of hydrogen-bond donors (Lipinski definition) is 0. The van der Waals surface area contributed by atoms with Gasteiger partial charge in [-0.15, -0.1) is 0 Å². The van der Waals surface area contributed by atoms with E-state index in [4.69, 9.17) is 24.4 Å². The summed E-state index contributed by atoms with van der Waals surface area (Å²) < 4.78 is 11.1. The van der Waals surface area contributed by atoms with Crippen LogP contribution in [0.4, 0.5) is 5.82 Å². The predicted octanol–water partition coefficient (Wildman–Crippen LogP) is 4.28. The maximum Gasteiger partial charge on any atom is 0.162 e. The molecular formula is C33H37N5O3. The molecule has 8 heteroatoms. The number of pyridine rings is 1. The van der Waals surface area contributed by atoms with Crippen LogP contribution in [0.15, 0.2) is 60.8 Å². The number of ether oxygens (including phenoxy) is 2. The Balaban J connectivity index is 1.23. The smallest absolute Gasteiger partial charge is 0.162 e. The van der Waals surface area contributed by atoms with Gasteiger partial charge in [-0.25, -0.2) is 9.97 Å². The lowest BCUT2D eigenvalue weighted by molar-refractivity contribution is -0.117. The first-order valence-corrected chi connectivity index (χ1v) is 14.6. The van der Waals surface area contributed by atoms with Crippen molar-refractivity contribution in [1.29, 1.82) is 0 Å². The number of carbonyl (C=O) groups is 1. The Morgan fingerprint density at radius 1 is 0.780 bits per heavy atom. The number of benzene rings is 2. The quantitative estimate of drug-likeness (QED) is 0.305. The minimum Gasteiger partial charge on any atom is -0.379 e. The van der Waals surface area contributed by atoms with Crippen molar-refractivity contribution in [2.24, 2.45) is 0 Å². The lowest BCUT2D eigenvalue weighted by atomic mass is 10.0. The molecule has 212 valence electrons. The molecule has 2 saturated heterocycles. The van der Waals surface area contributed by atoms with Crippen molar-refractivity contribution in [1.82, 2.24) is 19.9 Å². The number of ketones is 1. The molecule has 2 aliphatic rings. The Morgan fingerprint density at radius 3 is 2.05 bits per heavy atom. The van der Waals surface area contributed by atoms with Crippen LogP contribution < -0.4 is 4.90 Å². The largest absolute Gasteiger partial charge is 0.379 e. The van der Waals surface area contributed by atoms with Crippen LogP contribution in [0.3, 0.4) is 0 Å². The van der Waals surface area contributed by atoms with Crippen LogP contribution in [0.25, 0.3) is 22.4 Å². The van der Waals surface area contributed by atoms with Gasteiger partial charge in [-0.2, -0.15) is 0 Å². The summed E-state index contributed by atoms with van der Waals surface area (Å²) in [6, 6.07) is 18.6. The fourth-order valence-electron chi connectivity index (χ4n) is 5.46. The number of morpholine rings is 2. The fraction of sp³-hybridized carbons (Fsp3) is 0.394. The van der Waals surface area contributed by atoms with Crippen LogP contribution in [0.2, 0.25) is 0 Å². The molecule has 0 amide bonds. The van der Waals surface area contributed by atoms with Gasteiger partial charge in [0.05, 0.1) is 31.9 Å². The van der Waals surface area contributed by atoms with Gasteiger partial charge < -0.3 is 14.4 Å². The molecule has 2 aromatic heterocycles. The SMILES string of the molecule is CCc1ccc(CC(=O)Cc2ccc(-c3nc(N4CCOCC4)c4ncc(CN5CCOCC5)cc4n3)cc2)cc1. The van der Waals surface area contributed by atoms with E-state index >= 15 is 0 Å². The Morgan fingerprint density at radius 2 is 1.39 bits per heavy atom. The van der Waals surface area contributed by atoms with Crippen molar-refractivity contribution in [2.45, 2.75) is 32.7 Å². The summed E-state index contributed by atoms with van der Waals surface area (Å²) >= 11 is 0. The van der Waals surface area contributed by atoms with E-state index in [0.717, 1.165) is 91.5 Å². The van der Waals surface area contributed by atoms with Crippen molar-refractivity contribution < 1.29 is 14.3 Å². The van der Waals surface area contributed by atoms with E-state index in [2.05, 4.69) is 47.1 Å². The molecule has 2 aromatic carbocycles. The molecule has 0 bridgehead atoms. The highest BCUT2D eigenvalue weighted by atomic mass is 16.5. The van der Waals surface area contributed by atoms with E-state index in [0.29, 0.717) is 31.9 Å². The minimum absolute atomic E-state index is 0.206. The molecular weight excluding hydrogens is 514 g/mol. The number of anilines is 1. The van der Waals surface area contributed by atoms with E-state index in [1.807, 2.05) is 30.5 Å². The molecule has 2 aliphatic heterocycles. The van der Waals surface area contributed by atoms with Crippen LogP contribution in [-0.4, -0.2) is 78.2 Å². The summed E-state index contributed by atoms with van der Waals surface area (Å²) in [6.07, 6.45) is 3.81. The zero-order valence-electron chi connectivity index (χ0n) is 23.7. The van der Waals surface area contributed by atoms with Gasteiger partial charge in [0.2, 0.25) is 0 Å². The van der Waals surface area contributed by atoms with Gasteiger partial charge >= 0.3 is 0 Å². The average molecular weight is 552 g/mol. The molecule has 4 aromatic rings. The zero-order chi connectivity index (χ0) is 28.0. The average Bonchev–Trinajstić information content (AvgIpc) is 3.02. The second-order valence-corrected chi connectivity index (χ2v) is 10.8. The van der Waals surface area contributed by atoms with E-state index in [1.54, 1.807) is 0 Å². The third-order valence-corrected chi connectivity index (χ3v) is 7.84. The van der Waals surface area contributed by atoms with Crippen molar-refractivity contribution in [3.63, 3.8) is 0 Å². The molecule has 0 N–H and O–H groups in total. The summed E-state index contributed by atoms with van der Waals surface area (Å²) in [6.45, 7) is 9.21. The van der Waals surface area contributed by atoms with Crippen LogP contribution >= 0.6 is 0 Å². The summed E-state index contributed by atoms with van der Waals surface area (Å²) in [4.78, 5) is 32.2. The summed E-state index contributed by atoms with van der Waals surface area (Å²) in [5.74, 6) is 1.72. The second kappa shape index (κ2) is 12.9. The van der Waals surface area contributed by atoms with Gasteiger partial charge in [0.15, 0.2) is 11.6 Å². The molecule has 0 unspecified atom stereocenters. The van der Waals surface area contributed by atoms with Crippen molar-refractivity contribution in [3.8, 4) is 11.4 Å². The molecule has 0 radical (unpaired) electrons. The Hall–Kier alpha value is -3.72. The fourth-order valence-corrected chi connectivity index (χ4v) is 5.46. The van der Waals surface area contributed by atoms with E-state index in [-0.39, 0.29) is 5.78 Å². The third kappa shape index (κ3) is 6.78. The van der Waals surface area contributed by atoms with Crippen LogP contribution in [0, 0.1) is 0 Å². The number of hydrogen-bond acceptors (Lipinski definition) is 8. The number of carbonyl (C=O) groups excluding carboxylic acids is 1. The molecule has 0 saturated carbocycles. The van der Waals surface area contributed by atoms with Crippen LogP contribution in [0.1, 0.15) is 29.2 Å². The van der Waals surface area contributed by atoms with E-state index in [1.165, 1.54) is 5.56 Å². The maximum atomic E-state index is 12.8. The number of fused-ring (bicyclic) bond motifs is 1. The minimum atomic E-state index is 0.206. The summed E-state index contributed by atoms with van der Waals surface area (Å²) in [5, 5.41) is 0. The summed E-state index contributed by atoms with van der Waals surface area (Å²) in [7, 11) is 0. The topological polar surface area (TPSA) is 80.7 Å². The van der Waals surface area contributed by atoms with E-state index < -0.39 is 0 Å². The van der Waals surface area contributed by atoms with Crippen LogP contribution in [0.5, 0.6) is 0 Å². The van der Waals surface area contributed by atoms with Crippen molar-refractivity contribution in [3.05, 3.63) is 83.0 Å². The maximum absolute atomic E-state index is 12.8. The number of nitrogens with zero attached hydrogens (tertiary/aromatic N) is 5. The second-order valence-electron chi connectivity index (χ2n) is 10.8. The van der Waals surface area contributed by atoms with Crippen molar-refractivity contribution in [2.75, 3.05) is 57.5 Å². The molecule has 6 rings (SSSR count). The van der Waals surface area contributed by atoms with Gasteiger partial charge in [0, 0.05) is 57.3 Å². The zero-order valence-corrected chi connectivity index (χ0v) is 23.7. The first-order valence-electron chi connectivity index (χ1n) is 14.6. The molecule has 4 heterocycles. The highest BCUT2D eigenvalue weighted by Gasteiger charge is 2.20. The number of aromatic nitrogens is 3. The molecule has 2 fully saturated rings. The van der Waals surface area contributed by atoms with Gasteiger partial charge in [-0.1, -0.05) is 55.5 Å². The first-order chi connectivity index (χ1) is 20.1. The molecule has 0 aliphatic carbocycles. The summed E-state index contributed by atoms with van der Waals surface area (Å²) in [5.41, 5.74) is 7.06. The van der Waals surface area contributed by atoms with Gasteiger partial charge in [0.25, 0.3) is 0 Å². The van der Waals surface area contributed by atoms with Gasteiger partial charge in [-0.05, 0) is 34.7 Å². The number of Topliss-reactive ketones (excluding diaryl/α,β-unsaturated/α-hetero) is 1. The predicted molar refractivity (Wildman–Crippen MR) is 160 cm³/mol.